The molecule has 0 fully saturated rings. The second-order valence-electron chi connectivity index (χ2n) is 7.51. The third kappa shape index (κ3) is 5.30. The average molecular weight is 474 g/mol. The van der Waals surface area contributed by atoms with E-state index in [1.807, 2.05) is 67.6 Å². The molecule has 0 aliphatic heterocycles. The summed E-state index contributed by atoms with van der Waals surface area (Å²) in [6.07, 6.45) is 0. The predicted octanol–water partition coefficient (Wildman–Crippen LogP) is 6.30. The normalized spacial score (nSPS) is 13.0. The molecule has 1 atom stereocenters. The van der Waals surface area contributed by atoms with Crippen molar-refractivity contribution in [3.05, 3.63) is 137 Å². The second kappa shape index (κ2) is 9.57. The maximum atomic E-state index is 14.4. The van der Waals surface area contributed by atoms with Gasteiger partial charge in [0.1, 0.15) is 9.73 Å². The zero-order valence-corrected chi connectivity index (χ0v) is 19.7. The van der Waals surface area contributed by atoms with Crippen LogP contribution in [0, 0.1) is 6.92 Å². The SMILES string of the molecule is Cc1ccc(S(=O)(=O)N=S(=O)(C=C(c2ccccc2)c2ccccc2)c2ccccc2)cc1. The number of aryl methyl sites for hydroxylation is 1. The fourth-order valence-corrected chi connectivity index (χ4v) is 7.13. The molecule has 0 bridgehead atoms. The van der Waals surface area contributed by atoms with Crippen LogP contribution in [0.25, 0.3) is 5.57 Å². The third-order valence-electron chi connectivity index (χ3n) is 5.06. The van der Waals surface area contributed by atoms with Gasteiger partial charge < -0.3 is 0 Å². The molecule has 4 nitrogen and oxygen atoms in total. The van der Waals surface area contributed by atoms with Gasteiger partial charge in [-0.1, -0.05) is 100 Å². The molecule has 4 aromatic rings. The summed E-state index contributed by atoms with van der Waals surface area (Å²) >= 11 is 0. The van der Waals surface area contributed by atoms with E-state index in [1.165, 1.54) is 17.5 Å². The quantitative estimate of drug-likeness (QED) is 0.330. The monoisotopic (exact) mass is 473 g/mol. The van der Waals surface area contributed by atoms with Crippen molar-refractivity contribution in [1.82, 2.24) is 0 Å². The lowest BCUT2D eigenvalue weighted by Gasteiger charge is -2.12. The minimum absolute atomic E-state index is 0.00567. The topological polar surface area (TPSA) is 63.6 Å². The highest BCUT2D eigenvalue weighted by Crippen LogP contribution is 2.29. The summed E-state index contributed by atoms with van der Waals surface area (Å²) in [5.41, 5.74) is 3.20. The molecule has 0 saturated carbocycles. The first-order valence-corrected chi connectivity index (χ1v) is 13.4. The van der Waals surface area contributed by atoms with Gasteiger partial charge in [-0.2, -0.15) is 8.42 Å². The van der Waals surface area contributed by atoms with Crippen LogP contribution in [0.1, 0.15) is 16.7 Å². The van der Waals surface area contributed by atoms with Gasteiger partial charge in [0.25, 0.3) is 10.0 Å². The van der Waals surface area contributed by atoms with Gasteiger partial charge in [0, 0.05) is 5.41 Å². The summed E-state index contributed by atoms with van der Waals surface area (Å²) in [7, 11) is -7.69. The van der Waals surface area contributed by atoms with Crippen molar-refractivity contribution in [1.29, 1.82) is 0 Å². The van der Waals surface area contributed by atoms with Crippen LogP contribution in [-0.2, 0) is 19.8 Å². The number of hydrogen-bond donors (Lipinski definition) is 0. The van der Waals surface area contributed by atoms with E-state index in [2.05, 4.69) is 3.77 Å². The molecule has 0 radical (unpaired) electrons. The Bertz CT molecular complexity index is 1440. The summed E-state index contributed by atoms with van der Waals surface area (Å²) < 4.78 is 44.8. The summed E-state index contributed by atoms with van der Waals surface area (Å²) in [6, 6.07) is 33.8. The molecular weight excluding hydrogens is 450 g/mol. The van der Waals surface area contributed by atoms with Gasteiger partial charge >= 0.3 is 0 Å². The van der Waals surface area contributed by atoms with Crippen LogP contribution >= 0.6 is 0 Å². The zero-order chi connectivity index (χ0) is 23.3. The molecular formula is C27H23NO3S2. The minimum Gasteiger partial charge on any atom is -0.239 e. The van der Waals surface area contributed by atoms with Crippen LogP contribution in [-0.4, -0.2) is 12.6 Å². The first-order valence-electron chi connectivity index (χ1n) is 10.4. The summed E-state index contributed by atoms with van der Waals surface area (Å²) in [5.74, 6) is 0. The third-order valence-corrected chi connectivity index (χ3v) is 9.10. The van der Waals surface area contributed by atoms with Gasteiger partial charge in [0.2, 0.25) is 0 Å². The molecule has 0 aromatic heterocycles. The Balaban J connectivity index is 2.01. The van der Waals surface area contributed by atoms with Crippen molar-refractivity contribution in [3.63, 3.8) is 0 Å². The van der Waals surface area contributed by atoms with Crippen molar-refractivity contribution in [2.24, 2.45) is 3.77 Å². The molecule has 0 amide bonds. The second-order valence-corrected chi connectivity index (χ2v) is 11.4. The Hall–Kier alpha value is -3.48. The van der Waals surface area contributed by atoms with E-state index in [9.17, 15) is 12.6 Å². The van der Waals surface area contributed by atoms with Crippen LogP contribution < -0.4 is 0 Å². The smallest absolute Gasteiger partial charge is 0.239 e. The first kappa shape index (κ1) is 22.7. The van der Waals surface area contributed by atoms with Gasteiger partial charge in [-0.15, -0.1) is 0 Å². The fraction of sp³-hybridized carbons (Fsp3) is 0.0370. The Kier molecular flexibility index (Phi) is 6.58. The maximum absolute atomic E-state index is 14.4. The molecule has 4 rings (SSSR count). The molecule has 0 spiro atoms. The Morgan fingerprint density at radius 3 is 1.55 bits per heavy atom. The van der Waals surface area contributed by atoms with E-state index >= 15 is 0 Å². The molecule has 6 heteroatoms. The first-order chi connectivity index (χ1) is 15.9. The standard InChI is InChI=1S/C27H23NO3S2/c1-22-17-19-26(20-18-22)33(30,31)28-32(29,25-15-9-4-10-16-25)21-27(23-11-5-2-6-12-23)24-13-7-3-8-14-24/h2-21H,1H3. The van der Waals surface area contributed by atoms with E-state index in [0.717, 1.165) is 16.7 Å². The maximum Gasteiger partial charge on any atom is 0.290 e. The van der Waals surface area contributed by atoms with Gasteiger partial charge in [-0.3, -0.25) is 0 Å². The Labute approximate surface area is 195 Å². The lowest BCUT2D eigenvalue weighted by molar-refractivity contribution is 0.598. The fourth-order valence-electron chi connectivity index (χ4n) is 3.35. The summed E-state index contributed by atoms with van der Waals surface area (Å²) in [6.45, 7) is 1.87. The van der Waals surface area contributed by atoms with Gasteiger partial charge in [-0.05, 0) is 47.9 Å². The van der Waals surface area contributed by atoms with Crippen LogP contribution in [0.3, 0.4) is 0 Å². The molecule has 0 aliphatic rings. The molecule has 33 heavy (non-hydrogen) atoms. The van der Waals surface area contributed by atoms with Crippen molar-refractivity contribution >= 4 is 25.3 Å². The minimum atomic E-state index is -4.19. The van der Waals surface area contributed by atoms with E-state index < -0.39 is 19.8 Å². The molecule has 0 N–H and O–H groups in total. The lowest BCUT2D eigenvalue weighted by Crippen LogP contribution is -2.05. The summed E-state index contributed by atoms with van der Waals surface area (Å²) in [4.78, 5) is 0.330. The average Bonchev–Trinajstić information content (AvgIpc) is 2.84. The molecule has 1 unspecified atom stereocenters. The van der Waals surface area contributed by atoms with E-state index in [-0.39, 0.29) is 4.90 Å². The molecule has 0 aliphatic carbocycles. The number of benzene rings is 4. The van der Waals surface area contributed by atoms with Crippen molar-refractivity contribution in [2.75, 3.05) is 0 Å². The highest BCUT2D eigenvalue weighted by atomic mass is 32.3. The number of nitrogens with zero attached hydrogens (tertiary/aromatic N) is 1. The number of hydrogen-bond acceptors (Lipinski definition) is 3. The van der Waals surface area contributed by atoms with Gasteiger partial charge in [0.05, 0.1) is 9.79 Å². The highest BCUT2D eigenvalue weighted by Gasteiger charge is 2.21. The number of sulfonamides is 1. The van der Waals surface area contributed by atoms with Crippen LogP contribution in [0.15, 0.2) is 134 Å². The largest absolute Gasteiger partial charge is 0.290 e. The van der Waals surface area contributed by atoms with Crippen LogP contribution in [0.5, 0.6) is 0 Å². The Morgan fingerprint density at radius 1 is 0.606 bits per heavy atom. The van der Waals surface area contributed by atoms with Crippen LogP contribution in [0.4, 0.5) is 0 Å². The zero-order valence-electron chi connectivity index (χ0n) is 18.0. The molecule has 166 valence electrons. The van der Waals surface area contributed by atoms with E-state index in [0.29, 0.717) is 10.5 Å². The Morgan fingerprint density at radius 2 is 1.06 bits per heavy atom. The highest BCUT2D eigenvalue weighted by molar-refractivity contribution is 8.05. The van der Waals surface area contributed by atoms with Gasteiger partial charge in [0.15, 0.2) is 0 Å². The van der Waals surface area contributed by atoms with Gasteiger partial charge in [-0.25, -0.2) is 4.21 Å². The molecule has 0 saturated heterocycles. The molecule has 4 aromatic carbocycles. The number of rotatable bonds is 6. The van der Waals surface area contributed by atoms with Crippen LogP contribution in [0.2, 0.25) is 0 Å². The van der Waals surface area contributed by atoms with E-state index in [4.69, 9.17) is 0 Å². The van der Waals surface area contributed by atoms with Crippen molar-refractivity contribution in [3.8, 4) is 0 Å². The van der Waals surface area contributed by atoms with E-state index in [1.54, 1.807) is 42.5 Å². The molecule has 0 heterocycles. The predicted molar refractivity (Wildman–Crippen MR) is 134 cm³/mol. The lowest BCUT2D eigenvalue weighted by atomic mass is 10.00. The summed E-state index contributed by atoms with van der Waals surface area (Å²) in [5, 5.41) is 1.48. The van der Waals surface area contributed by atoms with Crippen molar-refractivity contribution < 1.29 is 12.6 Å². The van der Waals surface area contributed by atoms with Crippen molar-refractivity contribution in [2.45, 2.75) is 16.7 Å².